The van der Waals surface area contributed by atoms with Gasteiger partial charge in [0.1, 0.15) is 11.5 Å². The monoisotopic (exact) mass is 246 g/mol. The van der Waals surface area contributed by atoms with Crippen LogP contribution in [-0.4, -0.2) is 16.1 Å². The minimum absolute atomic E-state index is 0.327. The molecule has 0 saturated carbocycles. The van der Waals surface area contributed by atoms with Crippen molar-refractivity contribution in [3.8, 4) is 11.5 Å². The number of aryl methyl sites for hydroxylation is 1. The summed E-state index contributed by atoms with van der Waals surface area (Å²) in [5.41, 5.74) is 1.21. The molecule has 0 amide bonds. The lowest BCUT2D eigenvalue weighted by molar-refractivity contribution is 0.112. The minimum atomic E-state index is 0.327. The quantitative estimate of drug-likeness (QED) is 0.757. The van der Waals surface area contributed by atoms with Crippen molar-refractivity contribution in [1.29, 1.82) is 0 Å². The maximum Gasteiger partial charge on any atom is 0.155 e. The molecule has 4 heteroatoms. The molecule has 96 valence electrons. The molecule has 0 saturated heterocycles. The second-order valence-electron chi connectivity index (χ2n) is 4.41. The van der Waals surface area contributed by atoms with Gasteiger partial charge >= 0.3 is 0 Å². The summed E-state index contributed by atoms with van der Waals surface area (Å²) in [6.07, 6.45) is 4.62. The van der Waals surface area contributed by atoms with Gasteiger partial charge in [-0.25, -0.2) is 0 Å². The Balaban J connectivity index is 2.44. The summed E-state index contributed by atoms with van der Waals surface area (Å²) in [4.78, 5) is 11.1. The van der Waals surface area contributed by atoms with E-state index >= 15 is 0 Å². The Hall–Kier alpha value is -1.84. The number of aromatic nitrogens is 2. The number of carbonyl (C=O) groups excluding carboxylic acids is 1. The first-order valence-corrected chi connectivity index (χ1v) is 6.30. The summed E-state index contributed by atoms with van der Waals surface area (Å²) in [7, 11) is 0. The molecule has 0 aliphatic heterocycles. The van der Waals surface area contributed by atoms with Crippen molar-refractivity contribution in [2.75, 3.05) is 0 Å². The molecule has 0 radical (unpaired) electrons. The van der Waals surface area contributed by atoms with Gasteiger partial charge in [0.25, 0.3) is 0 Å². The Morgan fingerprint density at radius 1 is 1.39 bits per heavy atom. The summed E-state index contributed by atoms with van der Waals surface area (Å²) in [5, 5.41) is 4.50. The summed E-state index contributed by atoms with van der Waals surface area (Å²) in [5.74, 6) is 1.47. The van der Waals surface area contributed by atoms with Gasteiger partial charge in [0.2, 0.25) is 0 Å². The van der Waals surface area contributed by atoms with E-state index in [-0.39, 0.29) is 0 Å². The summed E-state index contributed by atoms with van der Waals surface area (Å²) >= 11 is 0. The van der Waals surface area contributed by atoms with E-state index in [1.165, 1.54) is 0 Å². The molecule has 0 aromatic carbocycles. The first kappa shape index (κ1) is 12.6. The van der Waals surface area contributed by atoms with Crippen LogP contribution in [0.15, 0.2) is 22.7 Å². The van der Waals surface area contributed by atoms with Crippen LogP contribution in [0, 0.1) is 6.92 Å². The lowest BCUT2D eigenvalue weighted by Crippen LogP contribution is -2.07. The highest BCUT2D eigenvalue weighted by Gasteiger charge is 2.16. The zero-order valence-electron chi connectivity index (χ0n) is 11.0. The van der Waals surface area contributed by atoms with E-state index in [4.69, 9.17) is 4.42 Å². The summed E-state index contributed by atoms with van der Waals surface area (Å²) in [6.45, 7) is 6.11. The fraction of sp³-hybridized carbons (Fsp3) is 0.429. The van der Waals surface area contributed by atoms with E-state index in [2.05, 4.69) is 18.9 Å². The highest BCUT2D eigenvalue weighted by atomic mass is 16.3. The van der Waals surface area contributed by atoms with Crippen molar-refractivity contribution < 1.29 is 9.21 Å². The molecule has 2 aromatic rings. The molecule has 2 rings (SSSR count). The predicted octanol–water partition coefficient (Wildman–Crippen LogP) is 3.63. The molecular formula is C14H18N2O2. The van der Waals surface area contributed by atoms with E-state index in [1.54, 1.807) is 6.20 Å². The summed E-state index contributed by atoms with van der Waals surface area (Å²) in [6, 6.07) is 4.05. The summed E-state index contributed by atoms with van der Waals surface area (Å²) < 4.78 is 7.41. The van der Waals surface area contributed by atoms with E-state index in [9.17, 15) is 4.79 Å². The number of furan rings is 1. The molecule has 18 heavy (non-hydrogen) atoms. The number of rotatable bonds is 5. The first-order chi connectivity index (χ1) is 8.69. The zero-order valence-corrected chi connectivity index (χ0v) is 11.0. The van der Waals surface area contributed by atoms with Crippen LogP contribution in [-0.2, 0) is 0 Å². The molecule has 4 nitrogen and oxygen atoms in total. The maximum absolute atomic E-state index is 11.1. The standard InChI is InChI=1S/C14H18N2O2/c1-4-12(5-2)16-8-11(9-17)14(15-16)13-7-6-10(3)18-13/h6-9,12H,4-5H2,1-3H3. The highest BCUT2D eigenvalue weighted by molar-refractivity contribution is 5.84. The second kappa shape index (κ2) is 5.21. The zero-order chi connectivity index (χ0) is 13.1. The van der Waals surface area contributed by atoms with Crippen LogP contribution in [0.1, 0.15) is 48.8 Å². The lowest BCUT2D eigenvalue weighted by atomic mass is 10.2. The van der Waals surface area contributed by atoms with Crippen molar-refractivity contribution >= 4 is 6.29 Å². The average Bonchev–Trinajstić information content (AvgIpc) is 2.97. The van der Waals surface area contributed by atoms with E-state index in [0.29, 0.717) is 23.1 Å². The lowest BCUT2D eigenvalue weighted by Gasteiger charge is -2.12. The average molecular weight is 246 g/mol. The third-order valence-corrected chi connectivity index (χ3v) is 3.18. The predicted molar refractivity (Wildman–Crippen MR) is 69.7 cm³/mol. The minimum Gasteiger partial charge on any atom is -0.460 e. The van der Waals surface area contributed by atoms with Crippen molar-refractivity contribution in [3.05, 3.63) is 29.7 Å². The van der Waals surface area contributed by atoms with E-state index in [0.717, 1.165) is 24.9 Å². The van der Waals surface area contributed by atoms with Gasteiger partial charge in [0.15, 0.2) is 12.0 Å². The van der Waals surface area contributed by atoms with Gasteiger partial charge in [0.05, 0.1) is 11.6 Å². The molecule has 0 aliphatic carbocycles. The van der Waals surface area contributed by atoms with Crippen LogP contribution in [0.5, 0.6) is 0 Å². The number of hydrogen-bond acceptors (Lipinski definition) is 3. The smallest absolute Gasteiger partial charge is 0.155 e. The normalized spacial score (nSPS) is 11.1. The second-order valence-corrected chi connectivity index (χ2v) is 4.41. The Kier molecular flexibility index (Phi) is 3.65. The third kappa shape index (κ3) is 2.23. The molecule has 0 bridgehead atoms. The van der Waals surface area contributed by atoms with Gasteiger partial charge in [-0.1, -0.05) is 13.8 Å². The molecule has 0 atom stereocenters. The fourth-order valence-corrected chi connectivity index (χ4v) is 2.10. The van der Waals surface area contributed by atoms with Crippen molar-refractivity contribution in [3.63, 3.8) is 0 Å². The number of hydrogen-bond donors (Lipinski definition) is 0. The number of aldehydes is 1. The highest BCUT2D eigenvalue weighted by Crippen LogP contribution is 2.25. The van der Waals surface area contributed by atoms with Crippen LogP contribution in [0.25, 0.3) is 11.5 Å². The molecule has 0 N–H and O–H groups in total. The van der Waals surface area contributed by atoms with E-state index in [1.807, 2.05) is 23.7 Å². The SMILES string of the molecule is CCC(CC)n1cc(C=O)c(-c2ccc(C)o2)n1. The largest absolute Gasteiger partial charge is 0.460 e. The molecule has 0 aliphatic rings. The van der Waals surface area contributed by atoms with Crippen LogP contribution < -0.4 is 0 Å². The van der Waals surface area contributed by atoms with Crippen LogP contribution >= 0.6 is 0 Å². The van der Waals surface area contributed by atoms with Crippen LogP contribution in [0.2, 0.25) is 0 Å². The third-order valence-electron chi connectivity index (χ3n) is 3.18. The van der Waals surface area contributed by atoms with Crippen LogP contribution in [0.4, 0.5) is 0 Å². The van der Waals surface area contributed by atoms with Gasteiger partial charge in [-0.05, 0) is 31.9 Å². The van der Waals surface area contributed by atoms with Gasteiger partial charge in [-0.3, -0.25) is 9.48 Å². The van der Waals surface area contributed by atoms with E-state index < -0.39 is 0 Å². The van der Waals surface area contributed by atoms with Crippen molar-refractivity contribution in [1.82, 2.24) is 9.78 Å². The molecule has 2 heterocycles. The van der Waals surface area contributed by atoms with Gasteiger partial charge in [-0.15, -0.1) is 0 Å². The van der Waals surface area contributed by atoms with Gasteiger partial charge < -0.3 is 4.42 Å². The Morgan fingerprint density at radius 2 is 2.11 bits per heavy atom. The number of carbonyl (C=O) groups is 1. The van der Waals surface area contributed by atoms with Crippen molar-refractivity contribution in [2.24, 2.45) is 0 Å². The van der Waals surface area contributed by atoms with Gasteiger partial charge in [-0.2, -0.15) is 5.10 Å². The maximum atomic E-state index is 11.1. The molecular weight excluding hydrogens is 228 g/mol. The molecule has 2 aromatic heterocycles. The molecule has 0 unspecified atom stereocenters. The van der Waals surface area contributed by atoms with Crippen molar-refractivity contribution in [2.45, 2.75) is 39.7 Å². The molecule has 0 spiro atoms. The number of nitrogens with zero attached hydrogens (tertiary/aromatic N) is 2. The fourth-order valence-electron chi connectivity index (χ4n) is 2.10. The Labute approximate surface area is 107 Å². The molecule has 0 fully saturated rings. The van der Waals surface area contributed by atoms with Crippen LogP contribution in [0.3, 0.4) is 0 Å². The van der Waals surface area contributed by atoms with Gasteiger partial charge in [0, 0.05) is 6.20 Å². The Morgan fingerprint density at radius 3 is 2.61 bits per heavy atom. The Bertz CT molecular complexity index is 536. The first-order valence-electron chi connectivity index (χ1n) is 6.30. The topological polar surface area (TPSA) is 48.0 Å².